The van der Waals surface area contributed by atoms with Crippen LogP contribution in [0, 0.1) is 11.6 Å². The van der Waals surface area contributed by atoms with Gasteiger partial charge < -0.3 is 10.6 Å². The van der Waals surface area contributed by atoms with Crippen molar-refractivity contribution in [2.75, 3.05) is 10.6 Å². The SMILES string of the molecule is O=C(Nc1cc(NC(=O)C(F)(F)F)c(F)cc1F)c1ccccc1. The van der Waals surface area contributed by atoms with Crippen molar-refractivity contribution in [3.05, 3.63) is 59.7 Å². The Balaban J connectivity index is 2.26. The monoisotopic (exact) mass is 344 g/mol. The van der Waals surface area contributed by atoms with Gasteiger partial charge in [0.2, 0.25) is 0 Å². The van der Waals surface area contributed by atoms with Crippen molar-refractivity contribution >= 4 is 23.2 Å². The molecule has 2 N–H and O–H groups in total. The highest BCUT2D eigenvalue weighted by molar-refractivity contribution is 6.04. The highest BCUT2D eigenvalue weighted by atomic mass is 19.4. The van der Waals surface area contributed by atoms with Crippen LogP contribution in [0.25, 0.3) is 0 Å². The Morgan fingerprint density at radius 2 is 1.38 bits per heavy atom. The number of carbonyl (C=O) groups excluding carboxylic acids is 2. The van der Waals surface area contributed by atoms with Crippen molar-refractivity contribution in [3.63, 3.8) is 0 Å². The smallest absolute Gasteiger partial charge is 0.319 e. The van der Waals surface area contributed by atoms with E-state index in [2.05, 4.69) is 5.32 Å². The van der Waals surface area contributed by atoms with E-state index in [1.165, 1.54) is 17.4 Å². The maximum atomic E-state index is 13.7. The minimum atomic E-state index is -5.24. The quantitative estimate of drug-likeness (QED) is 0.834. The minimum Gasteiger partial charge on any atom is -0.319 e. The second-order valence-corrected chi connectivity index (χ2v) is 4.58. The summed E-state index contributed by atoms with van der Waals surface area (Å²) in [6.45, 7) is 0. The first-order chi connectivity index (χ1) is 11.2. The minimum absolute atomic E-state index is 0.155. The van der Waals surface area contributed by atoms with Gasteiger partial charge in [-0.05, 0) is 18.2 Å². The molecule has 0 unspecified atom stereocenters. The number of nitrogens with one attached hydrogen (secondary N) is 2. The molecule has 24 heavy (non-hydrogen) atoms. The van der Waals surface area contributed by atoms with Gasteiger partial charge in [-0.1, -0.05) is 18.2 Å². The molecule has 4 nitrogen and oxygen atoms in total. The molecule has 0 fully saturated rings. The number of alkyl halides is 3. The van der Waals surface area contributed by atoms with Crippen LogP contribution in [0.5, 0.6) is 0 Å². The molecule has 0 saturated carbocycles. The lowest BCUT2D eigenvalue weighted by molar-refractivity contribution is -0.167. The van der Waals surface area contributed by atoms with Gasteiger partial charge in [0.15, 0.2) is 0 Å². The Bertz CT molecular complexity index is 775. The number of halogens is 5. The number of carbonyl (C=O) groups is 2. The summed E-state index contributed by atoms with van der Waals surface area (Å²) in [6.07, 6.45) is -5.24. The van der Waals surface area contributed by atoms with E-state index in [9.17, 15) is 31.5 Å². The van der Waals surface area contributed by atoms with E-state index in [1.54, 1.807) is 18.2 Å². The van der Waals surface area contributed by atoms with Crippen molar-refractivity contribution in [3.8, 4) is 0 Å². The molecule has 2 rings (SSSR count). The van der Waals surface area contributed by atoms with Crippen molar-refractivity contribution in [1.82, 2.24) is 0 Å². The fraction of sp³-hybridized carbons (Fsp3) is 0.0667. The Kier molecular flexibility index (Phi) is 4.82. The summed E-state index contributed by atoms with van der Waals surface area (Å²) in [5.41, 5.74) is -1.34. The molecule has 0 bridgehead atoms. The van der Waals surface area contributed by atoms with E-state index in [-0.39, 0.29) is 11.6 Å². The number of amides is 2. The Morgan fingerprint density at radius 1 is 0.833 bits per heavy atom. The van der Waals surface area contributed by atoms with Crippen molar-refractivity contribution in [1.29, 1.82) is 0 Å². The Hall–Kier alpha value is -2.97. The molecule has 126 valence electrons. The Morgan fingerprint density at radius 3 is 1.92 bits per heavy atom. The van der Waals surface area contributed by atoms with Gasteiger partial charge in [0, 0.05) is 11.6 Å². The molecule has 0 aromatic heterocycles. The molecule has 0 aliphatic heterocycles. The molecule has 0 aliphatic rings. The summed E-state index contributed by atoms with van der Waals surface area (Å²) in [5.74, 6) is -5.80. The standard InChI is InChI=1S/C15H9F5N2O2/c16-9-6-10(17)12(22-14(24)15(18,19)20)7-11(9)21-13(23)8-4-2-1-3-5-8/h1-7H,(H,21,23)(H,22,24). The van der Waals surface area contributed by atoms with Crippen LogP contribution in [0.15, 0.2) is 42.5 Å². The van der Waals surface area contributed by atoms with Crippen LogP contribution in [0.1, 0.15) is 10.4 Å². The summed E-state index contributed by atoms with van der Waals surface area (Å²) < 4.78 is 63.8. The molecule has 0 saturated heterocycles. The van der Waals surface area contributed by atoms with E-state index in [1.807, 2.05) is 0 Å². The predicted octanol–water partition coefficient (Wildman–Crippen LogP) is 3.72. The van der Waals surface area contributed by atoms with Gasteiger partial charge in [0.05, 0.1) is 11.4 Å². The van der Waals surface area contributed by atoms with Crippen LogP contribution in [0.4, 0.5) is 33.3 Å². The van der Waals surface area contributed by atoms with Gasteiger partial charge in [-0.3, -0.25) is 9.59 Å². The number of hydrogen-bond acceptors (Lipinski definition) is 2. The van der Waals surface area contributed by atoms with Gasteiger partial charge in [-0.15, -0.1) is 0 Å². The summed E-state index contributed by atoms with van der Waals surface area (Å²) in [4.78, 5) is 22.7. The lowest BCUT2D eigenvalue weighted by atomic mass is 10.2. The average Bonchev–Trinajstić information content (AvgIpc) is 2.51. The van der Waals surface area contributed by atoms with Crippen molar-refractivity contribution < 1.29 is 31.5 Å². The molecule has 0 aliphatic carbocycles. The number of anilines is 2. The van der Waals surface area contributed by atoms with Gasteiger partial charge in [0.1, 0.15) is 11.6 Å². The third-order valence-corrected chi connectivity index (χ3v) is 2.85. The molecular formula is C15H9F5N2O2. The number of benzene rings is 2. The van der Waals surface area contributed by atoms with E-state index >= 15 is 0 Å². The zero-order valence-corrected chi connectivity index (χ0v) is 11.7. The summed E-state index contributed by atoms with van der Waals surface area (Å²) in [6, 6.07) is 8.39. The lowest BCUT2D eigenvalue weighted by Crippen LogP contribution is -2.30. The molecule has 2 aromatic rings. The molecular weight excluding hydrogens is 335 g/mol. The summed E-state index contributed by atoms with van der Waals surface area (Å²) >= 11 is 0. The van der Waals surface area contributed by atoms with Gasteiger partial charge in [0.25, 0.3) is 5.91 Å². The average molecular weight is 344 g/mol. The zero-order valence-electron chi connectivity index (χ0n) is 11.7. The summed E-state index contributed by atoms with van der Waals surface area (Å²) in [7, 11) is 0. The molecule has 0 heterocycles. The van der Waals surface area contributed by atoms with E-state index in [0.29, 0.717) is 6.07 Å². The third kappa shape index (κ3) is 4.06. The molecule has 0 atom stereocenters. The molecule has 9 heteroatoms. The lowest BCUT2D eigenvalue weighted by Gasteiger charge is -2.12. The van der Waals surface area contributed by atoms with Gasteiger partial charge in [-0.25, -0.2) is 8.78 Å². The first-order valence-corrected chi connectivity index (χ1v) is 6.42. The van der Waals surface area contributed by atoms with Crippen LogP contribution >= 0.6 is 0 Å². The van der Waals surface area contributed by atoms with E-state index < -0.39 is 41.0 Å². The first kappa shape index (κ1) is 17.4. The second kappa shape index (κ2) is 6.65. The maximum Gasteiger partial charge on any atom is 0.471 e. The Labute approximate surface area is 132 Å². The van der Waals surface area contributed by atoms with Gasteiger partial charge >= 0.3 is 12.1 Å². The number of rotatable bonds is 3. The van der Waals surface area contributed by atoms with E-state index in [4.69, 9.17) is 0 Å². The third-order valence-electron chi connectivity index (χ3n) is 2.85. The highest BCUT2D eigenvalue weighted by Gasteiger charge is 2.39. The summed E-state index contributed by atoms with van der Waals surface area (Å²) in [5, 5.41) is 3.37. The fourth-order valence-electron chi connectivity index (χ4n) is 1.72. The molecule has 2 aromatic carbocycles. The van der Waals surface area contributed by atoms with E-state index in [0.717, 1.165) is 0 Å². The van der Waals surface area contributed by atoms with Crippen LogP contribution in [-0.4, -0.2) is 18.0 Å². The number of hydrogen-bond donors (Lipinski definition) is 2. The van der Waals surface area contributed by atoms with Crippen LogP contribution in [-0.2, 0) is 4.79 Å². The predicted molar refractivity (Wildman–Crippen MR) is 75.4 cm³/mol. The van der Waals surface area contributed by atoms with Crippen LogP contribution in [0.2, 0.25) is 0 Å². The van der Waals surface area contributed by atoms with Crippen molar-refractivity contribution in [2.24, 2.45) is 0 Å². The van der Waals surface area contributed by atoms with Gasteiger partial charge in [-0.2, -0.15) is 13.2 Å². The largest absolute Gasteiger partial charge is 0.471 e. The fourth-order valence-corrected chi connectivity index (χ4v) is 1.72. The second-order valence-electron chi connectivity index (χ2n) is 4.58. The first-order valence-electron chi connectivity index (χ1n) is 6.42. The highest BCUT2D eigenvalue weighted by Crippen LogP contribution is 2.26. The molecule has 0 spiro atoms. The molecule has 0 radical (unpaired) electrons. The van der Waals surface area contributed by atoms with Crippen LogP contribution in [0.3, 0.4) is 0 Å². The van der Waals surface area contributed by atoms with Crippen LogP contribution < -0.4 is 10.6 Å². The zero-order chi connectivity index (χ0) is 17.9. The molecule has 2 amide bonds. The normalized spacial score (nSPS) is 11.0. The van der Waals surface area contributed by atoms with Crippen molar-refractivity contribution in [2.45, 2.75) is 6.18 Å². The maximum absolute atomic E-state index is 13.7. The topological polar surface area (TPSA) is 58.2 Å².